The van der Waals surface area contributed by atoms with Crippen LogP contribution in [0.1, 0.15) is 19.4 Å². The van der Waals surface area contributed by atoms with Gasteiger partial charge in [0.25, 0.3) is 4.93 Å². The first kappa shape index (κ1) is 16.2. The number of carbonyl (C=O) groups is 2. The summed E-state index contributed by atoms with van der Waals surface area (Å²) in [6.45, 7) is 1.65. The van der Waals surface area contributed by atoms with Crippen LogP contribution in [0.3, 0.4) is 0 Å². The van der Waals surface area contributed by atoms with Crippen LogP contribution in [-0.2, 0) is 33.8 Å². The summed E-state index contributed by atoms with van der Waals surface area (Å²) in [5.74, 6) is -1.45. The van der Waals surface area contributed by atoms with Crippen LogP contribution >= 0.6 is 0 Å². The zero-order chi connectivity index (χ0) is 15.4. The highest BCUT2D eigenvalue weighted by atomic mass is 32.2. The van der Waals surface area contributed by atoms with Gasteiger partial charge in [0.2, 0.25) is 0 Å². The molecule has 0 N–H and O–H groups in total. The highest BCUT2D eigenvalue weighted by Gasteiger charge is 2.47. The molecule has 0 bridgehead atoms. The predicted molar refractivity (Wildman–Crippen MR) is 71.4 cm³/mol. The lowest BCUT2D eigenvalue weighted by Gasteiger charge is -2.30. The maximum atomic E-state index is 12.1. The van der Waals surface area contributed by atoms with Crippen LogP contribution in [0.15, 0.2) is 30.3 Å². The molecular formula is C13H16O6S. The summed E-state index contributed by atoms with van der Waals surface area (Å²) in [7, 11) is -3.89. The highest BCUT2D eigenvalue weighted by molar-refractivity contribution is 7.91. The standard InChI is InChI=1S/C13H16O6S/c1-10(14)18-9-13(19-11(2)15,20(3,16)17)12-7-5-4-6-8-12/h4-8H,9H2,1-3H3. The third-order valence-electron chi connectivity index (χ3n) is 2.59. The minimum absolute atomic E-state index is 0.221. The molecule has 1 aromatic carbocycles. The quantitative estimate of drug-likeness (QED) is 0.754. The maximum absolute atomic E-state index is 12.1. The molecule has 0 fully saturated rings. The first-order valence-corrected chi connectivity index (χ1v) is 7.66. The molecule has 110 valence electrons. The third kappa shape index (κ3) is 3.57. The van der Waals surface area contributed by atoms with Crippen LogP contribution in [0.2, 0.25) is 0 Å². The Labute approximate surface area is 117 Å². The lowest BCUT2D eigenvalue weighted by Crippen LogP contribution is -2.44. The maximum Gasteiger partial charge on any atom is 0.304 e. The summed E-state index contributed by atoms with van der Waals surface area (Å²) < 4.78 is 34.1. The second kappa shape index (κ2) is 6.04. The molecule has 0 aliphatic carbocycles. The number of esters is 2. The average Bonchev–Trinajstić information content (AvgIpc) is 2.33. The van der Waals surface area contributed by atoms with E-state index in [0.29, 0.717) is 0 Å². The molecule has 7 heteroatoms. The van der Waals surface area contributed by atoms with Crippen molar-refractivity contribution in [3.05, 3.63) is 35.9 Å². The van der Waals surface area contributed by atoms with Crippen molar-refractivity contribution in [2.75, 3.05) is 12.9 Å². The van der Waals surface area contributed by atoms with Crippen molar-refractivity contribution >= 4 is 21.8 Å². The molecule has 1 atom stereocenters. The number of carbonyl (C=O) groups excluding carboxylic acids is 2. The van der Waals surface area contributed by atoms with Crippen molar-refractivity contribution in [2.24, 2.45) is 0 Å². The fourth-order valence-electron chi connectivity index (χ4n) is 1.69. The Balaban J connectivity index is 3.41. The molecule has 0 saturated carbocycles. The van der Waals surface area contributed by atoms with E-state index >= 15 is 0 Å². The fourth-order valence-corrected chi connectivity index (χ4v) is 2.80. The normalized spacial score (nSPS) is 14.2. The van der Waals surface area contributed by atoms with Crippen LogP contribution in [0.4, 0.5) is 0 Å². The van der Waals surface area contributed by atoms with Gasteiger partial charge in [0.05, 0.1) is 0 Å². The number of rotatable bonds is 5. The van der Waals surface area contributed by atoms with E-state index in [2.05, 4.69) is 0 Å². The first-order valence-electron chi connectivity index (χ1n) is 5.77. The Hall–Kier alpha value is -1.89. The fraction of sp³-hybridized carbons (Fsp3) is 0.385. The van der Waals surface area contributed by atoms with E-state index in [1.165, 1.54) is 12.1 Å². The Bertz CT molecular complexity index is 593. The topological polar surface area (TPSA) is 86.7 Å². The lowest BCUT2D eigenvalue weighted by atomic mass is 10.1. The minimum Gasteiger partial charge on any atom is -0.460 e. The van der Waals surface area contributed by atoms with Crippen molar-refractivity contribution in [3.63, 3.8) is 0 Å². The first-order chi connectivity index (χ1) is 9.19. The van der Waals surface area contributed by atoms with Gasteiger partial charge in [0.1, 0.15) is 0 Å². The third-order valence-corrected chi connectivity index (χ3v) is 4.22. The van der Waals surface area contributed by atoms with Gasteiger partial charge in [-0.15, -0.1) is 0 Å². The van der Waals surface area contributed by atoms with Gasteiger partial charge >= 0.3 is 11.9 Å². The molecule has 0 heterocycles. The minimum atomic E-state index is -3.89. The molecule has 0 radical (unpaired) electrons. The zero-order valence-corrected chi connectivity index (χ0v) is 12.3. The van der Waals surface area contributed by atoms with Gasteiger partial charge in [0.15, 0.2) is 16.4 Å². The molecule has 0 saturated heterocycles. The van der Waals surface area contributed by atoms with Gasteiger partial charge in [-0.1, -0.05) is 30.3 Å². The van der Waals surface area contributed by atoms with Gasteiger partial charge in [-0.2, -0.15) is 0 Å². The summed E-state index contributed by atoms with van der Waals surface area (Å²) in [5, 5.41) is 0. The Morgan fingerprint density at radius 1 is 1.10 bits per heavy atom. The zero-order valence-electron chi connectivity index (χ0n) is 11.5. The van der Waals surface area contributed by atoms with Crippen LogP contribution in [0, 0.1) is 0 Å². The number of sulfone groups is 1. The van der Waals surface area contributed by atoms with Crippen molar-refractivity contribution in [1.82, 2.24) is 0 Å². The summed E-state index contributed by atoms with van der Waals surface area (Å²) in [5.41, 5.74) is 0.221. The van der Waals surface area contributed by atoms with Crippen LogP contribution in [0.5, 0.6) is 0 Å². The van der Waals surface area contributed by atoms with Crippen molar-refractivity contribution in [2.45, 2.75) is 18.8 Å². The van der Waals surface area contributed by atoms with Crippen molar-refractivity contribution in [1.29, 1.82) is 0 Å². The summed E-state index contributed by atoms with van der Waals surface area (Å²) in [6, 6.07) is 7.89. The van der Waals surface area contributed by atoms with Gasteiger partial charge in [0, 0.05) is 25.7 Å². The van der Waals surface area contributed by atoms with E-state index in [1.807, 2.05) is 0 Å². The molecule has 20 heavy (non-hydrogen) atoms. The van der Waals surface area contributed by atoms with Crippen LogP contribution in [-0.4, -0.2) is 33.2 Å². The summed E-state index contributed by atoms with van der Waals surface area (Å²) >= 11 is 0. The van der Waals surface area contributed by atoms with Gasteiger partial charge in [-0.3, -0.25) is 9.59 Å². The highest BCUT2D eigenvalue weighted by Crippen LogP contribution is 2.32. The molecule has 0 aliphatic heterocycles. The van der Waals surface area contributed by atoms with Crippen LogP contribution < -0.4 is 0 Å². The molecule has 0 spiro atoms. The monoisotopic (exact) mass is 300 g/mol. The molecule has 1 unspecified atom stereocenters. The largest absolute Gasteiger partial charge is 0.460 e. The van der Waals surface area contributed by atoms with E-state index in [0.717, 1.165) is 20.1 Å². The summed E-state index contributed by atoms with van der Waals surface area (Å²) in [6.07, 6.45) is 0.923. The Morgan fingerprint density at radius 3 is 2.05 bits per heavy atom. The number of ether oxygens (including phenoxy) is 2. The van der Waals surface area contributed by atoms with Crippen LogP contribution in [0.25, 0.3) is 0 Å². The van der Waals surface area contributed by atoms with E-state index in [9.17, 15) is 18.0 Å². The molecule has 1 aromatic rings. The SMILES string of the molecule is CC(=O)OCC(OC(C)=O)(c1ccccc1)S(C)(=O)=O. The van der Waals surface area contributed by atoms with Gasteiger partial charge < -0.3 is 9.47 Å². The molecular weight excluding hydrogens is 284 g/mol. The number of hydrogen-bond acceptors (Lipinski definition) is 6. The molecule has 0 amide bonds. The van der Waals surface area contributed by atoms with Crippen molar-refractivity contribution in [3.8, 4) is 0 Å². The molecule has 1 rings (SSSR count). The van der Waals surface area contributed by atoms with Gasteiger partial charge in [-0.05, 0) is 0 Å². The second-order valence-corrected chi connectivity index (χ2v) is 6.47. The smallest absolute Gasteiger partial charge is 0.304 e. The Morgan fingerprint density at radius 2 is 1.65 bits per heavy atom. The number of hydrogen-bond donors (Lipinski definition) is 0. The molecule has 6 nitrogen and oxygen atoms in total. The van der Waals surface area contributed by atoms with E-state index in [-0.39, 0.29) is 5.56 Å². The van der Waals surface area contributed by atoms with E-state index in [1.54, 1.807) is 18.2 Å². The molecule has 0 aromatic heterocycles. The van der Waals surface area contributed by atoms with E-state index in [4.69, 9.17) is 9.47 Å². The summed E-state index contributed by atoms with van der Waals surface area (Å²) in [4.78, 5) is 20.2. The van der Waals surface area contributed by atoms with E-state index < -0.39 is 33.3 Å². The average molecular weight is 300 g/mol. The van der Waals surface area contributed by atoms with Crippen molar-refractivity contribution < 1.29 is 27.5 Å². The Kier molecular flexibility index (Phi) is 4.88. The lowest BCUT2D eigenvalue weighted by molar-refractivity contribution is -0.161. The molecule has 0 aliphatic rings. The van der Waals surface area contributed by atoms with Gasteiger partial charge in [-0.25, -0.2) is 8.42 Å². The second-order valence-electron chi connectivity index (χ2n) is 4.27. The number of benzene rings is 1. The predicted octanol–water partition coefficient (Wildman–Crippen LogP) is 1.01.